The van der Waals surface area contributed by atoms with Crippen LogP contribution in [0.5, 0.6) is 5.75 Å². The summed E-state index contributed by atoms with van der Waals surface area (Å²) in [7, 11) is 0. The highest BCUT2D eigenvalue weighted by Crippen LogP contribution is 2.42. The van der Waals surface area contributed by atoms with Crippen molar-refractivity contribution in [3.63, 3.8) is 0 Å². The Morgan fingerprint density at radius 3 is 2.14 bits per heavy atom. The Morgan fingerprint density at radius 1 is 1.06 bits per heavy atom. The number of carbonyl (C=O) groups is 2. The first-order valence-electron chi connectivity index (χ1n) is 12.1. The van der Waals surface area contributed by atoms with Gasteiger partial charge in [-0.3, -0.25) is 4.79 Å². The van der Waals surface area contributed by atoms with Gasteiger partial charge in [-0.05, 0) is 64.2 Å². The van der Waals surface area contributed by atoms with Crippen LogP contribution in [0.1, 0.15) is 77.2 Å². The highest BCUT2D eigenvalue weighted by Gasteiger charge is 2.45. The number of alkyl carbamates (subject to hydrolysis) is 1. The first-order chi connectivity index (χ1) is 16.3. The van der Waals surface area contributed by atoms with Gasteiger partial charge in [-0.2, -0.15) is 0 Å². The monoisotopic (exact) mass is 500 g/mol. The van der Waals surface area contributed by atoms with E-state index in [1.807, 2.05) is 0 Å². The number of benzene rings is 1. The number of carbonyl (C=O) groups excluding carboxylic acids is 2. The van der Waals surface area contributed by atoms with Crippen molar-refractivity contribution in [1.29, 1.82) is 0 Å². The third-order valence-corrected chi connectivity index (χ3v) is 6.48. The molecule has 2 fully saturated rings. The lowest BCUT2D eigenvalue weighted by Gasteiger charge is -2.42. The summed E-state index contributed by atoms with van der Waals surface area (Å²) < 4.78 is 46.9. The molecule has 35 heavy (non-hydrogen) atoms. The van der Waals surface area contributed by atoms with Gasteiger partial charge in [0.25, 0.3) is 0 Å². The molecule has 0 spiro atoms. The van der Waals surface area contributed by atoms with Crippen LogP contribution in [-0.4, -0.2) is 58.7 Å². The number of piperidine rings is 1. The number of ether oxygens (including phenoxy) is 2. The van der Waals surface area contributed by atoms with Gasteiger partial charge in [0.15, 0.2) is 0 Å². The number of aliphatic hydroxyl groups is 1. The van der Waals surface area contributed by atoms with Crippen LogP contribution < -0.4 is 10.1 Å². The van der Waals surface area contributed by atoms with E-state index in [0.29, 0.717) is 44.3 Å². The molecule has 0 bridgehead atoms. The largest absolute Gasteiger partial charge is 0.573 e. The SMILES string of the molecule is CC(C)(C)OC(=O)NC1CCN(C(=O)C(c2ccc(OC(F)(F)F)cc2)C2(O)CCCCC2)CC1. The standard InChI is InChI=1S/C25H35F3N2O5/c1-23(2,3)35-22(32)29-18-11-15-30(16-12-18)21(31)20(24(33)13-5-4-6-14-24)17-7-9-19(10-8-17)34-25(26,27)28/h7-10,18,20,33H,4-6,11-16H2,1-3H3,(H,29,32). The maximum absolute atomic E-state index is 13.7. The molecule has 3 rings (SSSR count). The van der Waals surface area contributed by atoms with Crippen LogP contribution >= 0.6 is 0 Å². The molecule has 1 saturated carbocycles. The maximum atomic E-state index is 13.7. The number of halogens is 3. The molecule has 10 heteroatoms. The Balaban J connectivity index is 1.72. The Hall–Kier alpha value is -2.49. The van der Waals surface area contributed by atoms with Crippen LogP contribution in [0.3, 0.4) is 0 Å². The number of nitrogens with one attached hydrogen (secondary N) is 1. The maximum Gasteiger partial charge on any atom is 0.573 e. The molecule has 1 unspecified atom stereocenters. The normalized spacial score (nSPS) is 20.1. The summed E-state index contributed by atoms with van der Waals surface area (Å²) in [4.78, 5) is 27.4. The van der Waals surface area contributed by atoms with E-state index < -0.39 is 29.6 Å². The second-order valence-corrected chi connectivity index (χ2v) is 10.5. The van der Waals surface area contributed by atoms with Crippen LogP contribution in [-0.2, 0) is 9.53 Å². The van der Waals surface area contributed by atoms with Gasteiger partial charge in [0.1, 0.15) is 11.4 Å². The second-order valence-electron chi connectivity index (χ2n) is 10.5. The van der Waals surface area contributed by atoms with E-state index >= 15 is 0 Å². The quantitative estimate of drug-likeness (QED) is 0.602. The number of alkyl halides is 3. The Labute approximate surface area is 204 Å². The zero-order valence-corrected chi connectivity index (χ0v) is 20.5. The molecule has 2 aliphatic rings. The van der Waals surface area contributed by atoms with Crippen LogP contribution in [0.2, 0.25) is 0 Å². The Morgan fingerprint density at radius 2 is 1.63 bits per heavy atom. The molecule has 1 heterocycles. The van der Waals surface area contributed by atoms with E-state index in [2.05, 4.69) is 10.1 Å². The topological polar surface area (TPSA) is 88.1 Å². The summed E-state index contributed by atoms with van der Waals surface area (Å²) in [5.74, 6) is -1.52. The first-order valence-corrected chi connectivity index (χ1v) is 12.1. The van der Waals surface area contributed by atoms with Crippen molar-refractivity contribution in [2.45, 2.75) is 95.2 Å². The van der Waals surface area contributed by atoms with Gasteiger partial charge >= 0.3 is 12.5 Å². The molecule has 2 N–H and O–H groups in total. The minimum Gasteiger partial charge on any atom is -0.444 e. The van der Waals surface area contributed by atoms with Gasteiger partial charge in [0, 0.05) is 19.1 Å². The number of rotatable bonds is 5. The van der Waals surface area contributed by atoms with E-state index in [4.69, 9.17) is 4.74 Å². The lowest BCUT2D eigenvalue weighted by atomic mass is 9.72. The minimum atomic E-state index is -4.81. The molecule has 196 valence electrons. The van der Waals surface area contributed by atoms with Crippen molar-refractivity contribution in [3.05, 3.63) is 29.8 Å². The molecule has 1 aliphatic carbocycles. The fraction of sp³-hybridized carbons (Fsp3) is 0.680. The predicted molar refractivity (Wildman–Crippen MR) is 123 cm³/mol. The zero-order valence-electron chi connectivity index (χ0n) is 20.5. The van der Waals surface area contributed by atoms with Crippen LogP contribution in [0, 0.1) is 0 Å². The fourth-order valence-electron chi connectivity index (χ4n) is 4.90. The highest BCUT2D eigenvalue weighted by molar-refractivity contribution is 5.85. The summed E-state index contributed by atoms with van der Waals surface area (Å²) in [5.41, 5.74) is -1.42. The van der Waals surface area contributed by atoms with E-state index in [9.17, 15) is 27.9 Å². The Bertz CT molecular complexity index is 869. The van der Waals surface area contributed by atoms with Gasteiger partial charge < -0.3 is 24.8 Å². The molecule has 0 aromatic heterocycles. The number of hydrogen-bond donors (Lipinski definition) is 2. The van der Waals surface area contributed by atoms with Crippen molar-refractivity contribution in [3.8, 4) is 5.75 Å². The highest BCUT2D eigenvalue weighted by atomic mass is 19.4. The molecule has 1 aromatic rings. The number of amides is 2. The lowest BCUT2D eigenvalue weighted by Crippen LogP contribution is -2.52. The van der Waals surface area contributed by atoms with E-state index in [-0.39, 0.29) is 17.7 Å². The molecule has 1 aliphatic heterocycles. The van der Waals surface area contributed by atoms with Crippen LogP contribution in [0.15, 0.2) is 24.3 Å². The fourth-order valence-corrected chi connectivity index (χ4v) is 4.90. The summed E-state index contributed by atoms with van der Waals surface area (Å²) >= 11 is 0. The smallest absolute Gasteiger partial charge is 0.444 e. The molecule has 0 radical (unpaired) electrons. The Kier molecular flexibility index (Phi) is 8.24. The van der Waals surface area contributed by atoms with Gasteiger partial charge in [0.05, 0.1) is 11.5 Å². The average molecular weight is 501 g/mol. The molecular weight excluding hydrogens is 465 g/mol. The lowest BCUT2D eigenvalue weighted by molar-refractivity contribution is -0.274. The molecule has 1 atom stereocenters. The van der Waals surface area contributed by atoms with Gasteiger partial charge in [-0.15, -0.1) is 13.2 Å². The zero-order chi connectivity index (χ0) is 25.9. The van der Waals surface area contributed by atoms with Crippen molar-refractivity contribution in [2.75, 3.05) is 13.1 Å². The number of likely N-dealkylation sites (tertiary alicyclic amines) is 1. The van der Waals surface area contributed by atoms with Gasteiger partial charge in [-0.25, -0.2) is 4.79 Å². The number of hydrogen-bond acceptors (Lipinski definition) is 5. The summed E-state index contributed by atoms with van der Waals surface area (Å²) in [6.07, 6.45) is -0.836. The number of nitrogens with zero attached hydrogens (tertiary/aromatic N) is 1. The average Bonchev–Trinajstić information content (AvgIpc) is 2.73. The van der Waals surface area contributed by atoms with Crippen LogP contribution in [0.4, 0.5) is 18.0 Å². The van der Waals surface area contributed by atoms with Gasteiger partial charge in [-0.1, -0.05) is 31.4 Å². The third kappa shape index (κ3) is 7.75. The minimum absolute atomic E-state index is 0.135. The van der Waals surface area contributed by atoms with Crippen LogP contribution in [0.25, 0.3) is 0 Å². The molecule has 2 amide bonds. The summed E-state index contributed by atoms with van der Waals surface area (Å²) in [6, 6.07) is 5.06. The van der Waals surface area contributed by atoms with Crippen molar-refractivity contribution >= 4 is 12.0 Å². The van der Waals surface area contributed by atoms with Crippen molar-refractivity contribution in [2.24, 2.45) is 0 Å². The van der Waals surface area contributed by atoms with Gasteiger partial charge in [0.2, 0.25) is 5.91 Å². The van der Waals surface area contributed by atoms with Crippen molar-refractivity contribution in [1.82, 2.24) is 10.2 Å². The molecule has 7 nitrogen and oxygen atoms in total. The first kappa shape index (κ1) is 27.1. The molecular formula is C25H35F3N2O5. The van der Waals surface area contributed by atoms with E-state index in [1.54, 1.807) is 25.7 Å². The molecule has 1 saturated heterocycles. The second kappa shape index (κ2) is 10.6. The molecule has 1 aromatic carbocycles. The summed E-state index contributed by atoms with van der Waals surface area (Å²) in [6.45, 7) is 6.13. The summed E-state index contributed by atoms with van der Waals surface area (Å²) in [5, 5.41) is 14.3. The third-order valence-electron chi connectivity index (χ3n) is 6.48. The predicted octanol–water partition coefficient (Wildman–Crippen LogP) is 4.88. The van der Waals surface area contributed by atoms with E-state index in [0.717, 1.165) is 19.3 Å². The van der Waals surface area contributed by atoms with Crippen molar-refractivity contribution < 1.29 is 37.3 Å². The van der Waals surface area contributed by atoms with E-state index in [1.165, 1.54) is 24.3 Å².